The quantitative estimate of drug-likeness (QED) is 0.317. The van der Waals surface area contributed by atoms with Crippen LogP contribution in [0, 0.1) is 11.3 Å². The minimum atomic E-state index is -2.87. The Bertz CT molecular complexity index is 933. The Kier molecular flexibility index (Phi) is 7.31. The Morgan fingerprint density at radius 2 is 2.19 bits per heavy atom. The molecule has 1 saturated heterocycles. The molecule has 12 heteroatoms. The molecule has 0 saturated carbocycles. The molecule has 1 aliphatic rings. The lowest BCUT2D eigenvalue weighted by Gasteiger charge is -2.43. The Morgan fingerprint density at radius 1 is 1.42 bits per heavy atom. The van der Waals surface area contributed by atoms with Gasteiger partial charge in [0.1, 0.15) is 18.0 Å². The number of rotatable bonds is 8. The van der Waals surface area contributed by atoms with Crippen LogP contribution in [0.15, 0.2) is 24.7 Å². The van der Waals surface area contributed by atoms with E-state index in [0.717, 1.165) is 6.08 Å². The number of anilines is 1. The molecule has 3 rings (SSSR count). The van der Waals surface area contributed by atoms with Crippen LogP contribution in [-0.4, -0.2) is 63.4 Å². The van der Waals surface area contributed by atoms with E-state index < -0.39 is 24.6 Å². The topological polar surface area (TPSA) is 93.6 Å². The molecule has 168 valence electrons. The van der Waals surface area contributed by atoms with Crippen molar-refractivity contribution in [2.45, 2.75) is 31.7 Å². The first-order valence-corrected chi connectivity index (χ1v) is 10.7. The van der Waals surface area contributed by atoms with Gasteiger partial charge in [-0.3, -0.25) is 10.1 Å². The van der Waals surface area contributed by atoms with Gasteiger partial charge in [-0.1, -0.05) is 11.9 Å². The molecule has 0 radical (unpaired) electrons. The summed E-state index contributed by atoms with van der Waals surface area (Å²) in [7, 11) is 0. The van der Waals surface area contributed by atoms with Gasteiger partial charge in [0.25, 0.3) is 12.3 Å². The maximum Gasteiger partial charge on any atom is 0.279 e. The van der Waals surface area contributed by atoms with E-state index in [0.29, 0.717) is 23.8 Å². The van der Waals surface area contributed by atoms with Crippen molar-refractivity contribution in [3.63, 3.8) is 0 Å². The van der Waals surface area contributed by atoms with Crippen LogP contribution in [0.3, 0.4) is 0 Å². The predicted molar refractivity (Wildman–Crippen MR) is 114 cm³/mol. The van der Waals surface area contributed by atoms with Gasteiger partial charge in [-0.15, -0.1) is 0 Å². The summed E-state index contributed by atoms with van der Waals surface area (Å²) in [6.07, 6.45) is 3.76. The van der Waals surface area contributed by atoms with E-state index in [1.54, 1.807) is 11.0 Å². The number of imidazole rings is 1. The second kappa shape index (κ2) is 9.77. The van der Waals surface area contributed by atoms with Gasteiger partial charge in [-0.2, -0.15) is 0 Å². The van der Waals surface area contributed by atoms with Crippen LogP contribution < -0.4 is 9.62 Å². The molecule has 0 aromatic carbocycles. The first kappa shape index (κ1) is 23.2. The van der Waals surface area contributed by atoms with E-state index in [9.17, 15) is 17.6 Å². The Labute approximate surface area is 181 Å². The van der Waals surface area contributed by atoms with Gasteiger partial charge in [0, 0.05) is 25.1 Å². The molecule has 2 atom stereocenters. The molecule has 0 spiro atoms. The number of aromatic nitrogens is 4. The maximum absolute atomic E-state index is 14.4. The number of nitrogens with zero attached hydrogens (tertiary/aromatic N) is 4. The summed E-state index contributed by atoms with van der Waals surface area (Å²) < 4.78 is 56.7. The van der Waals surface area contributed by atoms with Crippen molar-refractivity contribution in [3.8, 4) is 11.4 Å². The molecular weight excluding hydrogens is 434 g/mol. The summed E-state index contributed by atoms with van der Waals surface area (Å²) in [4.78, 5) is 16.9. The smallest absolute Gasteiger partial charge is 0.279 e. The zero-order valence-electron chi connectivity index (χ0n) is 16.9. The molecule has 2 aromatic heterocycles. The van der Waals surface area contributed by atoms with E-state index >= 15 is 0 Å². The molecule has 2 unspecified atom stereocenters. The molecular formula is C19H23F4N7S. The fourth-order valence-corrected chi connectivity index (χ4v) is 3.81. The molecule has 0 aliphatic carbocycles. The minimum Gasteiger partial charge on any atom is -0.347 e. The fraction of sp³-hybridized carbons (Fsp3) is 0.474. The molecule has 2 aromatic rings. The van der Waals surface area contributed by atoms with Crippen molar-refractivity contribution in [2.75, 3.05) is 24.2 Å². The second-order valence-electron chi connectivity index (χ2n) is 7.27. The number of nitrogens with one attached hydrogen (secondary N) is 3. The molecule has 1 fully saturated rings. The van der Waals surface area contributed by atoms with E-state index in [1.165, 1.54) is 30.5 Å². The van der Waals surface area contributed by atoms with Crippen molar-refractivity contribution in [1.82, 2.24) is 24.7 Å². The molecule has 1 aliphatic heterocycles. The number of hydrogen-bond acceptors (Lipinski definition) is 7. The minimum absolute atomic E-state index is 0.164. The summed E-state index contributed by atoms with van der Waals surface area (Å²) in [5.74, 6) is -2.47. The molecule has 0 amide bonds. The van der Waals surface area contributed by atoms with Crippen LogP contribution in [0.5, 0.6) is 0 Å². The third kappa shape index (κ3) is 5.82. The Hall–Kier alpha value is -2.47. The van der Waals surface area contributed by atoms with Crippen LogP contribution in [-0.2, 0) is 0 Å². The highest BCUT2D eigenvalue weighted by molar-refractivity contribution is 7.96. The first-order chi connectivity index (χ1) is 14.7. The number of piperidine rings is 1. The highest BCUT2D eigenvalue weighted by atomic mass is 32.2. The molecule has 3 N–H and O–H groups in total. The van der Waals surface area contributed by atoms with Gasteiger partial charge in [-0.25, -0.2) is 32.5 Å². The molecule has 0 bridgehead atoms. The van der Waals surface area contributed by atoms with E-state index in [1.807, 2.05) is 13.2 Å². The first-order valence-electron chi connectivity index (χ1n) is 9.52. The fourth-order valence-electron chi connectivity index (χ4n) is 3.43. The number of alkyl halides is 4. The van der Waals surface area contributed by atoms with Gasteiger partial charge in [-0.05, 0) is 31.2 Å². The lowest BCUT2D eigenvalue weighted by atomic mass is 9.88. The van der Waals surface area contributed by atoms with Gasteiger partial charge in [0.15, 0.2) is 0 Å². The van der Waals surface area contributed by atoms with Crippen LogP contribution in [0.25, 0.3) is 17.5 Å². The summed E-state index contributed by atoms with van der Waals surface area (Å²) in [6, 6.07) is 1.43. The number of allylic oxidation sites excluding steroid dienone is 1. The van der Waals surface area contributed by atoms with Crippen molar-refractivity contribution < 1.29 is 17.6 Å². The zero-order chi connectivity index (χ0) is 22.6. The van der Waals surface area contributed by atoms with E-state index in [4.69, 9.17) is 5.41 Å². The Morgan fingerprint density at radius 3 is 2.90 bits per heavy atom. The maximum atomic E-state index is 14.4. The van der Waals surface area contributed by atoms with E-state index in [-0.39, 0.29) is 24.2 Å². The summed E-state index contributed by atoms with van der Waals surface area (Å²) >= 11 is 1.39. The lowest BCUT2D eigenvalue weighted by molar-refractivity contribution is -0.0371. The summed E-state index contributed by atoms with van der Waals surface area (Å²) in [6.45, 7) is 1.92. The average Bonchev–Trinajstić information content (AvgIpc) is 3.21. The van der Waals surface area contributed by atoms with Crippen molar-refractivity contribution in [1.29, 1.82) is 5.41 Å². The summed E-state index contributed by atoms with van der Waals surface area (Å²) in [5.41, 5.74) is 0.0812. The molecule has 7 nitrogen and oxygen atoms in total. The highest BCUT2D eigenvalue weighted by Gasteiger charge is 2.44. The van der Waals surface area contributed by atoms with Crippen LogP contribution in [0.2, 0.25) is 0 Å². The van der Waals surface area contributed by atoms with Crippen LogP contribution >= 0.6 is 11.9 Å². The molecule has 31 heavy (non-hydrogen) atoms. The average molecular weight is 458 g/mol. The highest BCUT2D eigenvalue weighted by Crippen LogP contribution is 2.36. The third-order valence-electron chi connectivity index (χ3n) is 5.10. The molecule has 3 heterocycles. The standard InChI is InChI=1S/C19H23F4N7S/c1-11-12(7-28-31-2)6-19(22,23)9-30(11)17-5-14(26-10-27-17)15-8-25-16(29-15)4-3-13(24)18(20)21/h3-5,8,10-12,18,24,28H,6-7,9H2,1-2H3,(H,25,29)/b4-3-,24-13?. The Balaban J connectivity index is 1.82. The van der Waals surface area contributed by atoms with Crippen molar-refractivity contribution in [3.05, 3.63) is 30.5 Å². The normalized spacial score (nSPS) is 21.2. The number of aromatic amines is 1. The number of H-pyrrole nitrogens is 1. The van der Waals surface area contributed by atoms with Crippen LogP contribution in [0.4, 0.5) is 23.4 Å². The number of halogens is 4. The van der Waals surface area contributed by atoms with Crippen LogP contribution in [0.1, 0.15) is 19.2 Å². The van der Waals surface area contributed by atoms with Gasteiger partial charge in [0.2, 0.25) is 0 Å². The van der Waals surface area contributed by atoms with Gasteiger partial charge in [0.05, 0.1) is 29.8 Å². The number of hydrogen-bond donors (Lipinski definition) is 3. The van der Waals surface area contributed by atoms with Gasteiger partial charge >= 0.3 is 0 Å². The van der Waals surface area contributed by atoms with Gasteiger partial charge < -0.3 is 9.88 Å². The third-order valence-corrected chi connectivity index (χ3v) is 5.56. The van der Waals surface area contributed by atoms with E-state index in [2.05, 4.69) is 24.7 Å². The largest absolute Gasteiger partial charge is 0.347 e. The predicted octanol–water partition coefficient (Wildman–Crippen LogP) is 3.88. The summed E-state index contributed by atoms with van der Waals surface area (Å²) in [5, 5.41) is 7.14. The SMILES string of the molecule is CSNCC1CC(F)(F)CN(c2cc(-c3cnc(/C=C\C(=N)C(F)F)[nH]3)ncn2)C1C. The monoisotopic (exact) mass is 457 g/mol. The zero-order valence-corrected chi connectivity index (χ0v) is 17.8. The van der Waals surface area contributed by atoms with Crippen molar-refractivity contribution in [2.24, 2.45) is 5.92 Å². The second-order valence-corrected chi connectivity index (χ2v) is 7.97. The lowest BCUT2D eigenvalue weighted by Crippen LogP contribution is -2.54. The van der Waals surface area contributed by atoms with Crippen molar-refractivity contribution >= 4 is 29.6 Å².